The SMILES string of the molecule is CCOC(=O)c1c(NC(=O)c2ccc(S(=O)(=O)N(CCC#N)CCC#N)cc2)sc2c1CCN(C(=O)OCC)C2. The van der Waals surface area contributed by atoms with Crippen LogP contribution in [0.5, 0.6) is 0 Å². The maximum Gasteiger partial charge on any atom is 0.410 e. The van der Waals surface area contributed by atoms with E-state index in [1.807, 2.05) is 12.1 Å². The smallest absolute Gasteiger partial charge is 0.410 e. The number of nitriles is 2. The van der Waals surface area contributed by atoms with Gasteiger partial charge in [-0.3, -0.25) is 4.79 Å². The van der Waals surface area contributed by atoms with Crippen LogP contribution in [0.25, 0.3) is 0 Å². The first-order valence-electron chi connectivity index (χ1n) is 12.6. The van der Waals surface area contributed by atoms with Crippen LogP contribution in [-0.2, 0) is 32.5 Å². The number of anilines is 1. The van der Waals surface area contributed by atoms with Crippen molar-refractivity contribution < 1.29 is 32.3 Å². The molecule has 1 aliphatic rings. The Balaban J connectivity index is 1.85. The second kappa shape index (κ2) is 13.9. The molecule has 1 aromatic heterocycles. The third-order valence-corrected chi connectivity index (χ3v) is 9.03. The second-order valence-electron chi connectivity index (χ2n) is 8.50. The summed E-state index contributed by atoms with van der Waals surface area (Å²) in [4.78, 5) is 40.3. The van der Waals surface area contributed by atoms with Crippen molar-refractivity contribution in [3.63, 3.8) is 0 Å². The summed E-state index contributed by atoms with van der Waals surface area (Å²) >= 11 is 1.17. The van der Waals surface area contributed by atoms with Gasteiger partial charge in [-0.25, -0.2) is 18.0 Å². The Morgan fingerprint density at radius 1 is 1.05 bits per heavy atom. The standard InChI is InChI=1S/C26H29N5O7S2/c1-3-37-25(33)22-20-11-16-30(26(34)38-4-2)17-21(20)39-24(22)29-23(32)18-7-9-19(10-8-18)40(35,36)31(14-5-12-27)15-6-13-28/h7-10H,3-6,11,14-17H2,1-2H3,(H,29,32). The molecule has 1 aliphatic heterocycles. The lowest BCUT2D eigenvalue weighted by Gasteiger charge is -2.26. The normalized spacial score (nSPS) is 12.7. The van der Waals surface area contributed by atoms with Crippen molar-refractivity contribution in [2.75, 3.05) is 38.2 Å². The molecular weight excluding hydrogens is 558 g/mol. The molecule has 2 amide bonds. The van der Waals surface area contributed by atoms with Gasteiger partial charge in [-0.15, -0.1) is 11.3 Å². The third kappa shape index (κ3) is 6.96. The van der Waals surface area contributed by atoms with E-state index in [0.717, 1.165) is 9.18 Å². The third-order valence-electron chi connectivity index (χ3n) is 5.99. The number of ether oxygens (including phenoxy) is 2. The molecule has 212 valence electrons. The minimum absolute atomic E-state index is 0.0315. The molecule has 3 rings (SSSR count). The molecule has 0 spiro atoms. The average Bonchev–Trinajstić information content (AvgIpc) is 3.30. The van der Waals surface area contributed by atoms with E-state index < -0.39 is 28.0 Å². The first kappa shape index (κ1) is 30.6. The maximum absolute atomic E-state index is 13.1. The number of esters is 1. The van der Waals surface area contributed by atoms with Crippen LogP contribution in [0.2, 0.25) is 0 Å². The van der Waals surface area contributed by atoms with Crippen molar-refractivity contribution in [3.8, 4) is 12.1 Å². The summed E-state index contributed by atoms with van der Waals surface area (Å²) in [6, 6.07) is 9.03. The first-order chi connectivity index (χ1) is 19.2. The predicted octanol–water partition coefficient (Wildman–Crippen LogP) is 3.51. The summed E-state index contributed by atoms with van der Waals surface area (Å²) in [5.41, 5.74) is 1.09. The van der Waals surface area contributed by atoms with Gasteiger partial charge in [0.25, 0.3) is 5.91 Å². The topological polar surface area (TPSA) is 170 Å². The average molecular weight is 588 g/mol. The summed E-state index contributed by atoms with van der Waals surface area (Å²) in [6.07, 6.45) is -0.138. The van der Waals surface area contributed by atoms with Crippen LogP contribution in [0.1, 0.15) is 57.8 Å². The van der Waals surface area contributed by atoms with Crippen LogP contribution in [0.15, 0.2) is 29.2 Å². The Morgan fingerprint density at radius 2 is 1.68 bits per heavy atom. The van der Waals surface area contributed by atoms with Gasteiger partial charge in [0.15, 0.2) is 0 Å². The lowest BCUT2D eigenvalue weighted by molar-refractivity contribution is 0.0526. The van der Waals surface area contributed by atoms with Gasteiger partial charge in [0, 0.05) is 42.9 Å². The molecule has 12 nitrogen and oxygen atoms in total. The number of hydrogen-bond donors (Lipinski definition) is 1. The lowest BCUT2D eigenvalue weighted by Crippen LogP contribution is -2.36. The number of rotatable bonds is 11. The summed E-state index contributed by atoms with van der Waals surface area (Å²) in [7, 11) is -3.99. The van der Waals surface area contributed by atoms with E-state index in [1.165, 1.54) is 40.5 Å². The molecule has 0 saturated heterocycles. The van der Waals surface area contributed by atoms with E-state index in [2.05, 4.69) is 5.32 Å². The van der Waals surface area contributed by atoms with Crippen LogP contribution in [-0.4, -0.2) is 68.4 Å². The van der Waals surface area contributed by atoms with E-state index in [1.54, 1.807) is 13.8 Å². The first-order valence-corrected chi connectivity index (χ1v) is 14.8. The molecule has 0 bridgehead atoms. The van der Waals surface area contributed by atoms with Crippen LogP contribution in [0.4, 0.5) is 9.80 Å². The Bertz CT molecular complexity index is 1420. The van der Waals surface area contributed by atoms with Gasteiger partial charge in [0.2, 0.25) is 10.0 Å². The van der Waals surface area contributed by atoms with Crippen LogP contribution in [0, 0.1) is 22.7 Å². The number of hydrogen-bond acceptors (Lipinski definition) is 10. The van der Waals surface area contributed by atoms with Crippen molar-refractivity contribution in [3.05, 3.63) is 45.8 Å². The zero-order valence-corrected chi connectivity index (χ0v) is 23.8. The number of sulfonamides is 1. The van der Waals surface area contributed by atoms with Crippen LogP contribution < -0.4 is 5.32 Å². The minimum atomic E-state index is -3.99. The highest BCUT2D eigenvalue weighted by molar-refractivity contribution is 7.89. The molecule has 1 aromatic carbocycles. The maximum atomic E-state index is 13.1. The summed E-state index contributed by atoms with van der Waals surface area (Å²) < 4.78 is 37.5. The fourth-order valence-electron chi connectivity index (χ4n) is 4.09. The molecule has 0 fully saturated rings. The van der Waals surface area contributed by atoms with Gasteiger partial charge < -0.3 is 19.7 Å². The molecule has 40 heavy (non-hydrogen) atoms. The van der Waals surface area contributed by atoms with Gasteiger partial charge in [-0.05, 0) is 50.1 Å². The zero-order chi connectivity index (χ0) is 29.3. The number of amides is 2. The van der Waals surface area contributed by atoms with Gasteiger partial charge >= 0.3 is 12.1 Å². The van der Waals surface area contributed by atoms with Crippen molar-refractivity contribution >= 4 is 44.3 Å². The van der Waals surface area contributed by atoms with E-state index in [0.29, 0.717) is 18.5 Å². The van der Waals surface area contributed by atoms with Crippen molar-refractivity contribution in [1.29, 1.82) is 10.5 Å². The van der Waals surface area contributed by atoms with Crippen LogP contribution in [0.3, 0.4) is 0 Å². The number of nitrogens with one attached hydrogen (secondary N) is 1. The second-order valence-corrected chi connectivity index (χ2v) is 11.5. The summed E-state index contributed by atoms with van der Waals surface area (Å²) in [5, 5.41) is 20.7. The summed E-state index contributed by atoms with van der Waals surface area (Å²) in [5.74, 6) is -1.16. The van der Waals surface area contributed by atoms with Crippen molar-refractivity contribution in [1.82, 2.24) is 9.21 Å². The molecule has 0 radical (unpaired) electrons. The molecule has 1 N–H and O–H groups in total. The Morgan fingerprint density at radius 3 is 2.25 bits per heavy atom. The number of carbonyl (C=O) groups is 3. The molecule has 2 heterocycles. The highest BCUT2D eigenvalue weighted by Gasteiger charge is 2.32. The number of fused-ring (bicyclic) bond motifs is 1. The Kier molecular flexibility index (Phi) is 10.6. The van der Waals surface area contributed by atoms with Crippen molar-refractivity contribution in [2.24, 2.45) is 0 Å². The number of thiophene rings is 1. The predicted molar refractivity (Wildman–Crippen MR) is 145 cm³/mol. The molecule has 14 heteroatoms. The molecule has 0 aliphatic carbocycles. The molecular formula is C26H29N5O7S2. The highest BCUT2D eigenvalue weighted by Crippen LogP contribution is 2.38. The number of benzene rings is 1. The molecule has 2 aromatic rings. The van der Waals surface area contributed by atoms with Gasteiger partial charge in [0.1, 0.15) is 5.00 Å². The zero-order valence-electron chi connectivity index (χ0n) is 22.1. The number of nitrogens with zero attached hydrogens (tertiary/aromatic N) is 4. The fraction of sp³-hybridized carbons (Fsp3) is 0.423. The quantitative estimate of drug-likeness (QED) is 0.386. The molecule has 0 unspecified atom stereocenters. The van der Waals surface area contributed by atoms with E-state index in [4.69, 9.17) is 20.0 Å². The molecule has 0 atom stereocenters. The lowest BCUT2D eigenvalue weighted by atomic mass is 10.0. The molecule has 0 saturated carbocycles. The minimum Gasteiger partial charge on any atom is -0.462 e. The van der Waals surface area contributed by atoms with Gasteiger partial charge in [-0.2, -0.15) is 14.8 Å². The van der Waals surface area contributed by atoms with Crippen molar-refractivity contribution in [2.45, 2.75) is 44.6 Å². The Hall–Kier alpha value is -3.98. The fourth-order valence-corrected chi connectivity index (χ4v) is 6.77. The number of carbonyl (C=O) groups excluding carboxylic acids is 3. The van der Waals surface area contributed by atoms with Gasteiger partial charge in [-0.1, -0.05) is 0 Å². The monoisotopic (exact) mass is 587 g/mol. The van der Waals surface area contributed by atoms with E-state index in [-0.39, 0.29) is 66.7 Å². The van der Waals surface area contributed by atoms with E-state index in [9.17, 15) is 22.8 Å². The Labute approximate surface area is 236 Å². The van der Waals surface area contributed by atoms with Crippen LogP contribution >= 0.6 is 11.3 Å². The highest BCUT2D eigenvalue weighted by atomic mass is 32.2. The summed E-state index contributed by atoms with van der Waals surface area (Å²) in [6.45, 7) is 4.22. The largest absolute Gasteiger partial charge is 0.462 e. The van der Waals surface area contributed by atoms with E-state index >= 15 is 0 Å². The van der Waals surface area contributed by atoms with Gasteiger partial charge in [0.05, 0.1) is 42.4 Å².